The van der Waals surface area contributed by atoms with Crippen LogP contribution in [0.2, 0.25) is 0 Å². The standard InChI is InChI=1S/C17H21NO2S/c1-11(9-18-16(19)5-6-17(18)20)10-21-12(2)15-8-13-3-4-14(15)7-13/h3-4,13-15H,1-2,5-10H2. The van der Waals surface area contributed by atoms with Gasteiger partial charge in [0.05, 0.1) is 6.54 Å². The lowest BCUT2D eigenvalue weighted by atomic mass is 9.94. The summed E-state index contributed by atoms with van der Waals surface area (Å²) in [6, 6.07) is 0. The summed E-state index contributed by atoms with van der Waals surface area (Å²) in [5.74, 6) is 2.62. The molecule has 3 rings (SSSR count). The molecule has 1 saturated heterocycles. The minimum absolute atomic E-state index is 0.0665. The maximum Gasteiger partial charge on any atom is 0.229 e. The van der Waals surface area contributed by atoms with Crippen molar-refractivity contribution in [2.45, 2.75) is 25.7 Å². The number of rotatable bonds is 6. The van der Waals surface area contributed by atoms with Crippen LogP contribution in [-0.4, -0.2) is 29.0 Å². The minimum Gasteiger partial charge on any atom is -0.278 e. The normalized spacial score (nSPS) is 30.5. The van der Waals surface area contributed by atoms with Crippen molar-refractivity contribution in [3.63, 3.8) is 0 Å². The number of hydrogen-bond donors (Lipinski definition) is 0. The highest BCUT2D eigenvalue weighted by Crippen LogP contribution is 2.48. The number of carbonyl (C=O) groups excluding carboxylic acids is 2. The Bertz CT molecular complexity index is 521. The van der Waals surface area contributed by atoms with Crippen molar-refractivity contribution in [3.8, 4) is 0 Å². The molecule has 2 bridgehead atoms. The predicted molar refractivity (Wildman–Crippen MR) is 85.5 cm³/mol. The van der Waals surface area contributed by atoms with Crippen LogP contribution in [-0.2, 0) is 9.59 Å². The Morgan fingerprint density at radius 2 is 1.90 bits per heavy atom. The fourth-order valence-corrected chi connectivity index (χ4v) is 4.49. The lowest BCUT2D eigenvalue weighted by Crippen LogP contribution is -2.31. The summed E-state index contributed by atoms with van der Waals surface area (Å²) in [6.07, 6.45) is 7.88. The SMILES string of the molecule is C=C(CSC(=C)C1CC2C=CC1C2)CN1C(=O)CCC1=O. The van der Waals surface area contributed by atoms with Crippen molar-refractivity contribution in [1.29, 1.82) is 0 Å². The van der Waals surface area contributed by atoms with Gasteiger partial charge in [0.2, 0.25) is 11.8 Å². The molecule has 0 spiro atoms. The molecule has 3 aliphatic rings. The van der Waals surface area contributed by atoms with Crippen LogP contribution in [0.5, 0.6) is 0 Å². The van der Waals surface area contributed by atoms with Gasteiger partial charge in [-0.2, -0.15) is 0 Å². The number of carbonyl (C=O) groups is 2. The van der Waals surface area contributed by atoms with E-state index in [0.717, 1.165) is 17.2 Å². The van der Waals surface area contributed by atoms with Crippen LogP contribution >= 0.6 is 11.8 Å². The molecule has 3 unspecified atom stereocenters. The van der Waals surface area contributed by atoms with E-state index in [2.05, 4.69) is 25.3 Å². The number of likely N-dealkylation sites (tertiary alicyclic amines) is 1. The van der Waals surface area contributed by atoms with E-state index in [9.17, 15) is 9.59 Å². The lowest BCUT2D eigenvalue weighted by molar-refractivity contribution is -0.137. The second kappa shape index (κ2) is 5.84. The van der Waals surface area contributed by atoms with E-state index in [1.54, 1.807) is 11.8 Å². The predicted octanol–water partition coefficient (Wildman–Crippen LogP) is 3.15. The zero-order valence-electron chi connectivity index (χ0n) is 12.2. The zero-order chi connectivity index (χ0) is 15.0. The van der Waals surface area contributed by atoms with Gasteiger partial charge in [-0.1, -0.05) is 25.3 Å². The van der Waals surface area contributed by atoms with Crippen LogP contribution in [0.4, 0.5) is 0 Å². The summed E-state index contributed by atoms with van der Waals surface area (Å²) >= 11 is 1.73. The van der Waals surface area contributed by atoms with Gasteiger partial charge in [-0.3, -0.25) is 14.5 Å². The van der Waals surface area contributed by atoms with E-state index < -0.39 is 0 Å². The fourth-order valence-electron chi connectivity index (χ4n) is 3.52. The first-order chi connectivity index (χ1) is 10.0. The van der Waals surface area contributed by atoms with Crippen molar-refractivity contribution < 1.29 is 9.59 Å². The van der Waals surface area contributed by atoms with E-state index in [1.165, 1.54) is 22.6 Å². The van der Waals surface area contributed by atoms with Gasteiger partial charge >= 0.3 is 0 Å². The van der Waals surface area contributed by atoms with Gasteiger partial charge in [-0.25, -0.2) is 0 Å². The maximum atomic E-state index is 11.6. The topological polar surface area (TPSA) is 37.4 Å². The van der Waals surface area contributed by atoms with E-state index in [0.29, 0.717) is 31.2 Å². The van der Waals surface area contributed by atoms with Crippen molar-refractivity contribution in [3.05, 3.63) is 35.8 Å². The van der Waals surface area contributed by atoms with Crippen LogP contribution in [0.3, 0.4) is 0 Å². The van der Waals surface area contributed by atoms with Gasteiger partial charge in [0.25, 0.3) is 0 Å². The number of imide groups is 1. The molecule has 112 valence electrons. The highest BCUT2D eigenvalue weighted by Gasteiger charge is 2.37. The lowest BCUT2D eigenvalue weighted by Gasteiger charge is -2.21. The Morgan fingerprint density at radius 3 is 2.48 bits per heavy atom. The molecule has 3 nitrogen and oxygen atoms in total. The molecule has 1 saturated carbocycles. The van der Waals surface area contributed by atoms with Crippen molar-refractivity contribution in [1.82, 2.24) is 4.90 Å². The number of thioether (sulfide) groups is 1. The first-order valence-electron chi connectivity index (χ1n) is 7.54. The Morgan fingerprint density at radius 1 is 1.19 bits per heavy atom. The van der Waals surface area contributed by atoms with E-state index >= 15 is 0 Å². The van der Waals surface area contributed by atoms with Gasteiger partial charge in [0, 0.05) is 18.6 Å². The van der Waals surface area contributed by atoms with E-state index in [4.69, 9.17) is 0 Å². The zero-order valence-corrected chi connectivity index (χ0v) is 13.0. The van der Waals surface area contributed by atoms with Gasteiger partial charge < -0.3 is 0 Å². The number of allylic oxidation sites excluding steroid dienone is 3. The summed E-state index contributed by atoms with van der Waals surface area (Å²) in [6.45, 7) is 8.61. The molecule has 0 aromatic carbocycles. The summed E-state index contributed by atoms with van der Waals surface area (Å²) in [7, 11) is 0. The largest absolute Gasteiger partial charge is 0.278 e. The van der Waals surface area contributed by atoms with E-state index in [1.807, 2.05) is 0 Å². The quantitative estimate of drug-likeness (QED) is 0.559. The molecule has 3 atom stereocenters. The van der Waals surface area contributed by atoms with E-state index in [-0.39, 0.29) is 11.8 Å². The molecule has 1 aliphatic heterocycles. The van der Waals surface area contributed by atoms with Crippen LogP contribution in [0.1, 0.15) is 25.7 Å². The Kier molecular flexibility index (Phi) is 4.07. The van der Waals surface area contributed by atoms with Gasteiger partial charge in [0.1, 0.15) is 0 Å². The second-order valence-electron chi connectivity index (χ2n) is 6.27. The summed E-state index contributed by atoms with van der Waals surface area (Å²) in [5, 5.41) is 0. The number of fused-ring (bicyclic) bond motifs is 2. The Balaban J connectivity index is 1.45. The monoisotopic (exact) mass is 303 g/mol. The molecule has 2 aliphatic carbocycles. The summed E-state index contributed by atoms with van der Waals surface area (Å²) in [4.78, 5) is 25.7. The Labute approximate surface area is 130 Å². The highest BCUT2D eigenvalue weighted by atomic mass is 32.2. The third kappa shape index (κ3) is 3.00. The fraction of sp³-hybridized carbons (Fsp3) is 0.529. The molecule has 0 aromatic heterocycles. The van der Waals surface area contributed by atoms with Crippen molar-refractivity contribution in [2.75, 3.05) is 12.3 Å². The molecule has 0 radical (unpaired) electrons. The third-order valence-corrected chi connectivity index (χ3v) is 5.92. The highest BCUT2D eigenvalue weighted by molar-refractivity contribution is 8.03. The van der Waals surface area contributed by atoms with Crippen molar-refractivity contribution in [2.24, 2.45) is 17.8 Å². The van der Waals surface area contributed by atoms with Crippen molar-refractivity contribution >= 4 is 23.6 Å². The molecule has 4 heteroatoms. The van der Waals surface area contributed by atoms with Gasteiger partial charge in [-0.15, -0.1) is 11.8 Å². The molecular weight excluding hydrogens is 282 g/mol. The molecule has 21 heavy (non-hydrogen) atoms. The smallest absolute Gasteiger partial charge is 0.229 e. The molecule has 2 fully saturated rings. The average molecular weight is 303 g/mol. The van der Waals surface area contributed by atoms with Gasteiger partial charge in [-0.05, 0) is 41.1 Å². The number of nitrogens with zero attached hydrogens (tertiary/aromatic N) is 1. The number of amides is 2. The second-order valence-corrected chi connectivity index (χ2v) is 7.37. The summed E-state index contributed by atoms with van der Waals surface area (Å²) in [5.41, 5.74) is 0.920. The molecule has 2 amide bonds. The average Bonchev–Trinajstić information content (AvgIpc) is 3.16. The third-order valence-electron chi connectivity index (χ3n) is 4.69. The molecule has 1 heterocycles. The molecular formula is C17H21NO2S. The Hall–Kier alpha value is -1.29. The molecule has 0 N–H and O–H groups in total. The first kappa shape index (κ1) is 14.6. The molecule has 0 aromatic rings. The minimum atomic E-state index is -0.0665. The van der Waals surface area contributed by atoms with Gasteiger partial charge in [0.15, 0.2) is 0 Å². The first-order valence-corrected chi connectivity index (χ1v) is 8.53. The van der Waals surface area contributed by atoms with Crippen LogP contribution < -0.4 is 0 Å². The van der Waals surface area contributed by atoms with Crippen LogP contribution in [0.15, 0.2) is 35.8 Å². The van der Waals surface area contributed by atoms with Crippen LogP contribution in [0.25, 0.3) is 0 Å². The summed E-state index contributed by atoms with van der Waals surface area (Å²) < 4.78 is 0. The number of hydrogen-bond acceptors (Lipinski definition) is 3. The van der Waals surface area contributed by atoms with Crippen LogP contribution in [0, 0.1) is 17.8 Å². The maximum absolute atomic E-state index is 11.6.